The Morgan fingerprint density at radius 3 is 2.59 bits per heavy atom. The number of aromatic nitrogens is 3. The second-order valence-corrected chi connectivity index (χ2v) is 8.47. The highest BCUT2D eigenvalue weighted by molar-refractivity contribution is 6.30. The van der Waals surface area contributed by atoms with Crippen LogP contribution in [0.25, 0.3) is 5.65 Å². The third-order valence-electron chi connectivity index (χ3n) is 6.06. The fourth-order valence-corrected chi connectivity index (χ4v) is 4.38. The summed E-state index contributed by atoms with van der Waals surface area (Å²) in [6.45, 7) is 4.54. The molecular weight excluding hydrogens is 424 g/mol. The van der Waals surface area contributed by atoms with Crippen molar-refractivity contribution in [2.24, 2.45) is 0 Å². The number of rotatable bonds is 3. The molecule has 5 rings (SSSR count). The number of benzene rings is 2. The Balaban J connectivity index is 1.50. The molecule has 7 heteroatoms. The van der Waals surface area contributed by atoms with Gasteiger partial charge in [0.1, 0.15) is 11.8 Å². The predicted molar refractivity (Wildman–Crippen MR) is 123 cm³/mol. The first-order valence-corrected chi connectivity index (χ1v) is 11.0. The van der Waals surface area contributed by atoms with Crippen molar-refractivity contribution in [3.63, 3.8) is 0 Å². The highest BCUT2D eigenvalue weighted by atomic mass is 35.5. The first kappa shape index (κ1) is 20.5. The smallest absolute Gasteiger partial charge is 0.410 e. The lowest BCUT2D eigenvalue weighted by molar-refractivity contribution is 0.0719. The zero-order chi connectivity index (χ0) is 22.2. The van der Waals surface area contributed by atoms with Gasteiger partial charge in [-0.2, -0.15) is 5.10 Å². The van der Waals surface area contributed by atoms with Gasteiger partial charge >= 0.3 is 6.09 Å². The number of hydrogen-bond acceptors (Lipinski definition) is 4. The Kier molecular flexibility index (Phi) is 5.31. The van der Waals surface area contributed by atoms with Crippen molar-refractivity contribution in [1.82, 2.24) is 19.5 Å². The van der Waals surface area contributed by atoms with Crippen molar-refractivity contribution in [1.29, 1.82) is 0 Å². The Morgan fingerprint density at radius 2 is 1.81 bits per heavy atom. The maximum absolute atomic E-state index is 13.2. The van der Waals surface area contributed by atoms with E-state index in [4.69, 9.17) is 21.4 Å². The van der Waals surface area contributed by atoms with Gasteiger partial charge in [0.2, 0.25) is 0 Å². The second kappa shape index (κ2) is 8.28. The molecule has 0 unspecified atom stereocenters. The van der Waals surface area contributed by atoms with E-state index in [1.165, 1.54) is 5.56 Å². The highest BCUT2D eigenvalue weighted by Crippen LogP contribution is 2.34. The summed E-state index contributed by atoms with van der Waals surface area (Å²) >= 11 is 6.54. The molecule has 4 aromatic rings. The summed E-state index contributed by atoms with van der Waals surface area (Å²) in [6, 6.07) is 19.5. The van der Waals surface area contributed by atoms with Gasteiger partial charge in [-0.3, -0.25) is 4.90 Å². The fraction of sp³-hybridized carbons (Fsp3) is 0.240. The van der Waals surface area contributed by atoms with Crippen molar-refractivity contribution in [2.45, 2.75) is 39.5 Å². The number of aryl methyl sites for hydroxylation is 1. The van der Waals surface area contributed by atoms with Gasteiger partial charge in [-0.05, 0) is 37.0 Å². The summed E-state index contributed by atoms with van der Waals surface area (Å²) in [6.07, 6.45) is 0.285. The molecule has 0 saturated heterocycles. The number of halogens is 1. The topological polar surface area (TPSA) is 59.7 Å². The van der Waals surface area contributed by atoms with E-state index in [0.717, 1.165) is 28.1 Å². The summed E-state index contributed by atoms with van der Waals surface area (Å²) in [5.41, 5.74) is 6.44. The van der Waals surface area contributed by atoms with Crippen LogP contribution in [0.3, 0.4) is 0 Å². The molecule has 1 amide bonds. The predicted octanol–water partition coefficient (Wildman–Crippen LogP) is 5.44. The van der Waals surface area contributed by atoms with E-state index < -0.39 is 0 Å². The van der Waals surface area contributed by atoms with Gasteiger partial charge in [0.25, 0.3) is 0 Å². The maximum atomic E-state index is 13.2. The number of carbonyl (C=O) groups excluding carboxylic acids is 1. The van der Waals surface area contributed by atoms with E-state index in [1.807, 2.05) is 62.4 Å². The lowest BCUT2D eigenvalue weighted by atomic mass is 9.92. The normalized spacial score (nSPS) is 15.6. The Labute approximate surface area is 191 Å². The molecule has 0 saturated carbocycles. The van der Waals surface area contributed by atoms with E-state index in [2.05, 4.69) is 17.1 Å². The molecule has 0 aliphatic carbocycles. The molecule has 0 N–H and O–H groups in total. The summed E-state index contributed by atoms with van der Waals surface area (Å²) in [4.78, 5) is 19.6. The average Bonchev–Trinajstić information content (AvgIpc) is 3.25. The lowest BCUT2D eigenvalue weighted by Crippen LogP contribution is -2.39. The van der Waals surface area contributed by atoms with Gasteiger partial charge < -0.3 is 4.74 Å². The summed E-state index contributed by atoms with van der Waals surface area (Å²) in [5.74, 6) is 0. The van der Waals surface area contributed by atoms with Gasteiger partial charge in [0, 0.05) is 23.9 Å². The van der Waals surface area contributed by atoms with Crippen LogP contribution in [0.15, 0.2) is 60.7 Å². The van der Waals surface area contributed by atoms with Crippen LogP contribution in [-0.4, -0.2) is 25.6 Å². The van der Waals surface area contributed by atoms with Crippen LogP contribution in [0.4, 0.5) is 4.79 Å². The summed E-state index contributed by atoms with van der Waals surface area (Å²) < 4.78 is 7.33. The Bertz CT molecular complexity index is 1300. The highest BCUT2D eigenvalue weighted by Gasteiger charge is 2.34. The standard InChI is InChI=1S/C25H23ClN4O2/c1-16-17(2)27-23-13-21(28-30(23)24(16)26)22-12-19-10-6-7-11-20(19)14-29(22)25(31)32-15-18-8-4-3-5-9-18/h3-11,13,22H,12,14-15H2,1-2H3/t22-/m0/s1. The molecule has 1 atom stereocenters. The molecule has 0 fully saturated rings. The zero-order valence-corrected chi connectivity index (χ0v) is 18.7. The number of fused-ring (bicyclic) bond motifs is 2. The van der Waals surface area contributed by atoms with Crippen molar-refractivity contribution in [2.75, 3.05) is 0 Å². The molecule has 32 heavy (non-hydrogen) atoms. The van der Waals surface area contributed by atoms with Crippen LogP contribution in [0.5, 0.6) is 0 Å². The van der Waals surface area contributed by atoms with E-state index in [1.54, 1.807) is 9.42 Å². The molecule has 0 bridgehead atoms. The van der Waals surface area contributed by atoms with Crippen LogP contribution in [-0.2, 0) is 24.3 Å². The van der Waals surface area contributed by atoms with Crippen molar-refractivity contribution >= 4 is 23.3 Å². The van der Waals surface area contributed by atoms with Crippen LogP contribution >= 0.6 is 11.6 Å². The van der Waals surface area contributed by atoms with Gasteiger partial charge in [0.05, 0.1) is 11.7 Å². The van der Waals surface area contributed by atoms with E-state index in [9.17, 15) is 4.79 Å². The first-order valence-electron chi connectivity index (χ1n) is 10.6. The molecule has 0 radical (unpaired) electrons. The molecule has 162 valence electrons. The van der Waals surface area contributed by atoms with Gasteiger partial charge in [0.15, 0.2) is 5.65 Å². The van der Waals surface area contributed by atoms with Crippen molar-refractivity contribution in [3.05, 3.63) is 99.5 Å². The monoisotopic (exact) mass is 446 g/mol. The van der Waals surface area contributed by atoms with Crippen LogP contribution in [0.1, 0.15) is 39.7 Å². The molecule has 1 aliphatic heterocycles. The summed E-state index contributed by atoms with van der Waals surface area (Å²) in [7, 11) is 0. The number of carbonyl (C=O) groups is 1. The first-order chi connectivity index (χ1) is 15.5. The van der Waals surface area contributed by atoms with E-state index in [-0.39, 0.29) is 18.7 Å². The number of amides is 1. The number of hydrogen-bond donors (Lipinski definition) is 0. The van der Waals surface area contributed by atoms with Crippen LogP contribution < -0.4 is 0 Å². The Morgan fingerprint density at radius 1 is 1.09 bits per heavy atom. The van der Waals surface area contributed by atoms with Gasteiger partial charge in [-0.1, -0.05) is 66.2 Å². The second-order valence-electron chi connectivity index (χ2n) is 8.11. The molecule has 6 nitrogen and oxygen atoms in total. The average molecular weight is 447 g/mol. The number of nitrogens with zero attached hydrogens (tertiary/aromatic N) is 4. The fourth-order valence-electron chi connectivity index (χ4n) is 4.12. The van der Waals surface area contributed by atoms with E-state index >= 15 is 0 Å². The van der Waals surface area contributed by atoms with Crippen LogP contribution in [0, 0.1) is 13.8 Å². The van der Waals surface area contributed by atoms with E-state index in [0.29, 0.717) is 23.8 Å². The minimum Gasteiger partial charge on any atom is -0.445 e. The zero-order valence-electron chi connectivity index (χ0n) is 18.0. The number of ether oxygens (including phenoxy) is 1. The minimum atomic E-state index is -0.364. The van der Waals surface area contributed by atoms with Crippen molar-refractivity contribution in [3.8, 4) is 0 Å². The lowest BCUT2D eigenvalue weighted by Gasteiger charge is -2.35. The quantitative estimate of drug-likeness (QED) is 0.393. The molecule has 3 heterocycles. The van der Waals surface area contributed by atoms with Gasteiger partial charge in [-0.15, -0.1) is 0 Å². The molecule has 2 aromatic carbocycles. The molecular formula is C25H23ClN4O2. The largest absolute Gasteiger partial charge is 0.445 e. The molecule has 0 spiro atoms. The molecule has 1 aliphatic rings. The Hall–Kier alpha value is -3.38. The van der Waals surface area contributed by atoms with Gasteiger partial charge in [-0.25, -0.2) is 14.3 Å². The molecule has 2 aromatic heterocycles. The third kappa shape index (κ3) is 3.71. The van der Waals surface area contributed by atoms with Crippen molar-refractivity contribution < 1.29 is 9.53 Å². The maximum Gasteiger partial charge on any atom is 0.410 e. The van der Waals surface area contributed by atoms with Crippen LogP contribution in [0.2, 0.25) is 5.15 Å². The third-order valence-corrected chi connectivity index (χ3v) is 6.50. The SMILES string of the molecule is Cc1nc2cc([C@@H]3Cc4ccccc4CN3C(=O)OCc3ccccc3)nn2c(Cl)c1C. The minimum absolute atomic E-state index is 0.224. The summed E-state index contributed by atoms with van der Waals surface area (Å²) in [5, 5.41) is 5.27.